The molecule has 108 valence electrons. The third kappa shape index (κ3) is 2.81. The molecular formula is C15H22N4O. The summed E-state index contributed by atoms with van der Waals surface area (Å²) in [6.45, 7) is 4.11. The Balaban J connectivity index is 2.37. The van der Waals surface area contributed by atoms with Crippen LogP contribution in [-0.2, 0) is 4.79 Å². The Morgan fingerprint density at radius 2 is 2.15 bits per heavy atom. The van der Waals surface area contributed by atoms with Crippen LogP contribution in [0.15, 0.2) is 24.3 Å². The lowest BCUT2D eigenvalue weighted by Gasteiger charge is -2.23. The van der Waals surface area contributed by atoms with E-state index in [0.717, 1.165) is 30.3 Å². The van der Waals surface area contributed by atoms with Crippen molar-refractivity contribution < 1.29 is 4.79 Å². The van der Waals surface area contributed by atoms with Gasteiger partial charge in [0, 0.05) is 7.05 Å². The first-order valence-corrected chi connectivity index (χ1v) is 7.20. The van der Waals surface area contributed by atoms with Crippen molar-refractivity contribution in [2.75, 3.05) is 7.05 Å². The lowest BCUT2D eigenvalue weighted by Crippen LogP contribution is -2.32. The van der Waals surface area contributed by atoms with Crippen LogP contribution >= 0.6 is 0 Å². The van der Waals surface area contributed by atoms with Gasteiger partial charge < -0.3 is 5.32 Å². The predicted molar refractivity (Wildman–Crippen MR) is 79.3 cm³/mol. The first kappa shape index (κ1) is 14.5. The third-order valence-corrected chi connectivity index (χ3v) is 3.78. The SMILES string of the molecule is CCCCC(C(C)C(=O)NC)n1nnc2ccccc21. The Kier molecular flexibility index (Phi) is 4.71. The van der Waals surface area contributed by atoms with Crippen LogP contribution in [0.25, 0.3) is 11.0 Å². The number of para-hydroxylation sites is 1. The fraction of sp³-hybridized carbons (Fsp3) is 0.533. The van der Waals surface area contributed by atoms with Gasteiger partial charge in [0.15, 0.2) is 0 Å². The van der Waals surface area contributed by atoms with Gasteiger partial charge in [-0.15, -0.1) is 5.10 Å². The van der Waals surface area contributed by atoms with Crippen molar-refractivity contribution in [1.82, 2.24) is 20.3 Å². The van der Waals surface area contributed by atoms with Gasteiger partial charge in [-0.3, -0.25) is 4.79 Å². The van der Waals surface area contributed by atoms with E-state index in [1.807, 2.05) is 35.9 Å². The second-order valence-electron chi connectivity index (χ2n) is 5.14. The van der Waals surface area contributed by atoms with Crippen LogP contribution in [0.2, 0.25) is 0 Å². The van der Waals surface area contributed by atoms with Crippen molar-refractivity contribution in [3.05, 3.63) is 24.3 Å². The number of amides is 1. The summed E-state index contributed by atoms with van der Waals surface area (Å²) >= 11 is 0. The van der Waals surface area contributed by atoms with Crippen molar-refractivity contribution in [3.8, 4) is 0 Å². The molecule has 0 fully saturated rings. The Bertz CT molecular complexity index is 578. The highest BCUT2D eigenvalue weighted by molar-refractivity contribution is 5.79. The van der Waals surface area contributed by atoms with Crippen LogP contribution in [0.1, 0.15) is 39.2 Å². The van der Waals surface area contributed by atoms with E-state index in [-0.39, 0.29) is 17.9 Å². The van der Waals surface area contributed by atoms with Crippen molar-refractivity contribution in [2.45, 2.75) is 39.2 Å². The number of fused-ring (bicyclic) bond motifs is 1. The summed E-state index contributed by atoms with van der Waals surface area (Å²) in [5.41, 5.74) is 1.86. The summed E-state index contributed by atoms with van der Waals surface area (Å²) in [7, 11) is 1.68. The maximum Gasteiger partial charge on any atom is 0.224 e. The van der Waals surface area contributed by atoms with Crippen molar-refractivity contribution >= 4 is 16.9 Å². The Morgan fingerprint density at radius 1 is 1.40 bits per heavy atom. The fourth-order valence-corrected chi connectivity index (χ4v) is 2.53. The second-order valence-corrected chi connectivity index (χ2v) is 5.14. The van der Waals surface area contributed by atoms with Crippen LogP contribution in [0.4, 0.5) is 0 Å². The van der Waals surface area contributed by atoms with Gasteiger partial charge in [0.2, 0.25) is 5.91 Å². The Labute approximate surface area is 119 Å². The van der Waals surface area contributed by atoms with Gasteiger partial charge in [-0.2, -0.15) is 0 Å². The molecule has 0 aliphatic heterocycles. The molecule has 0 saturated carbocycles. The zero-order valence-corrected chi connectivity index (χ0v) is 12.3. The van der Waals surface area contributed by atoms with Gasteiger partial charge >= 0.3 is 0 Å². The van der Waals surface area contributed by atoms with Crippen LogP contribution in [0, 0.1) is 5.92 Å². The quantitative estimate of drug-likeness (QED) is 0.880. The van der Waals surface area contributed by atoms with E-state index in [4.69, 9.17) is 0 Å². The van der Waals surface area contributed by atoms with Crippen LogP contribution in [0.5, 0.6) is 0 Å². The van der Waals surface area contributed by atoms with E-state index in [9.17, 15) is 4.79 Å². The minimum atomic E-state index is -0.128. The number of rotatable bonds is 6. The smallest absolute Gasteiger partial charge is 0.224 e. The Hall–Kier alpha value is -1.91. The average Bonchev–Trinajstić information content (AvgIpc) is 2.90. The molecule has 2 aromatic rings. The molecule has 2 rings (SSSR count). The molecule has 20 heavy (non-hydrogen) atoms. The van der Waals surface area contributed by atoms with Crippen molar-refractivity contribution in [2.24, 2.45) is 5.92 Å². The van der Waals surface area contributed by atoms with Crippen LogP contribution in [-0.4, -0.2) is 27.9 Å². The number of hydrogen-bond acceptors (Lipinski definition) is 3. The Morgan fingerprint density at radius 3 is 2.85 bits per heavy atom. The zero-order chi connectivity index (χ0) is 14.5. The molecule has 2 atom stereocenters. The third-order valence-electron chi connectivity index (χ3n) is 3.78. The summed E-state index contributed by atoms with van der Waals surface area (Å²) in [4.78, 5) is 12.0. The summed E-state index contributed by atoms with van der Waals surface area (Å²) in [6.07, 6.45) is 3.10. The normalized spacial score (nSPS) is 14.2. The van der Waals surface area contributed by atoms with Crippen LogP contribution < -0.4 is 5.32 Å². The molecular weight excluding hydrogens is 252 g/mol. The van der Waals surface area contributed by atoms with Gasteiger partial charge in [-0.1, -0.05) is 44.0 Å². The van der Waals surface area contributed by atoms with Gasteiger partial charge in [-0.05, 0) is 18.6 Å². The van der Waals surface area contributed by atoms with E-state index >= 15 is 0 Å². The number of carbonyl (C=O) groups is 1. The number of carbonyl (C=O) groups excluding carboxylic acids is 1. The maximum atomic E-state index is 12.0. The molecule has 0 aliphatic rings. The molecule has 0 radical (unpaired) electrons. The van der Waals surface area contributed by atoms with Crippen LogP contribution in [0.3, 0.4) is 0 Å². The van der Waals surface area contributed by atoms with E-state index in [1.54, 1.807) is 7.05 Å². The number of hydrogen-bond donors (Lipinski definition) is 1. The molecule has 1 amide bonds. The second kappa shape index (κ2) is 6.50. The monoisotopic (exact) mass is 274 g/mol. The minimum absolute atomic E-state index is 0.0438. The van der Waals surface area contributed by atoms with Gasteiger partial charge in [0.05, 0.1) is 17.5 Å². The molecule has 0 spiro atoms. The molecule has 0 saturated heterocycles. The topological polar surface area (TPSA) is 59.8 Å². The summed E-state index contributed by atoms with van der Waals surface area (Å²) < 4.78 is 1.91. The van der Waals surface area contributed by atoms with Crippen molar-refractivity contribution in [1.29, 1.82) is 0 Å². The van der Waals surface area contributed by atoms with Gasteiger partial charge in [0.25, 0.3) is 0 Å². The number of unbranched alkanes of at least 4 members (excludes halogenated alkanes) is 1. The van der Waals surface area contributed by atoms with E-state index in [0.29, 0.717) is 0 Å². The molecule has 0 aliphatic carbocycles. The largest absolute Gasteiger partial charge is 0.359 e. The summed E-state index contributed by atoms with van der Waals surface area (Å²) in [5.74, 6) is -0.0812. The minimum Gasteiger partial charge on any atom is -0.359 e. The summed E-state index contributed by atoms with van der Waals surface area (Å²) in [5, 5.41) is 11.2. The number of aromatic nitrogens is 3. The number of benzene rings is 1. The zero-order valence-electron chi connectivity index (χ0n) is 12.3. The lowest BCUT2D eigenvalue weighted by molar-refractivity contribution is -0.125. The highest BCUT2D eigenvalue weighted by Gasteiger charge is 2.26. The summed E-state index contributed by atoms with van der Waals surface area (Å²) in [6, 6.07) is 7.92. The molecule has 5 nitrogen and oxygen atoms in total. The first-order valence-electron chi connectivity index (χ1n) is 7.20. The predicted octanol–water partition coefficient (Wildman–Crippen LogP) is 2.54. The standard InChI is InChI=1S/C15H22N4O/c1-4-5-9-13(11(2)15(20)16-3)19-14-10-7-6-8-12(14)17-18-19/h6-8,10-11,13H,4-5,9H2,1-3H3,(H,16,20). The van der Waals surface area contributed by atoms with Gasteiger partial charge in [0.1, 0.15) is 5.52 Å². The number of nitrogens with zero attached hydrogens (tertiary/aromatic N) is 3. The maximum absolute atomic E-state index is 12.0. The molecule has 5 heteroatoms. The molecule has 0 bridgehead atoms. The molecule has 2 unspecified atom stereocenters. The molecule has 1 aromatic heterocycles. The van der Waals surface area contributed by atoms with Gasteiger partial charge in [-0.25, -0.2) is 4.68 Å². The molecule has 1 aromatic carbocycles. The molecule has 1 heterocycles. The lowest BCUT2D eigenvalue weighted by atomic mass is 9.95. The number of nitrogens with one attached hydrogen (secondary N) is 1. The van der Waals surface area contributed by atoms with E-state index in [1.165, 1.54) is 0 Å². The first-order chi connectivity index (χ1) is 9.69. The fourth-order valence-electron chi connectivity index (χ4n) is 2.53. The van der Waals surface area contributed by atoms with E-state index in [2.05, 4.69) is 22.6 Å². The molecule has 1 N–H and O–H groups in total. The van der Waals surface area contributed by atoms with Crippen molar-refractivity contribution in [3.63, 3.8) is 0 Å². The highest BCUT2D eigenvalue weighted by Crippen LogP contribution is 2.27. The highest BCUT2D eigenvalue weighted by atomic mass is 16.1. The average molecular weight is 274 g/mol. The van der Waals surface area contributed by atoms with E-state index < -0.39 is 0 Å².